The van der Waals surface area contributed by atoms with E-state index < -0.39 is 22.5 Å². The van der Waals surface area contributed by atoms with Crippen LogP contribution in [-0.2, 0) is 19.6 Å². The van der Waals surface area contributed by atoms with Crippen LogP contribution in [0.2, 0.25) is 0 Å². The van der Waals surface area contributed by atoms with Gasteiger partial charge in [-0.25, -0.2) is 8.42 Å². The highest BCUT2D eigenvalue weighted by Crippen LogP contribution is 2.25. The summed E-state index contributed by atoms with van der Waals surface area (Å²) in [7, 11) is -2.64. The molecule has 7 heteroatoms. The van der Waals surface area contributed by atoms with Gasteiger partial charge in [-0.3, -0.25) is 9.10 Å². The summed E-state index contributed by atoms with van der Waals surface area (Å²) < 4.78 is 32.0. The average molecular weight is 384 g/mol. The van der Waals surface area contributed by atoms with E-state index in [2.05, 4.69) is 20.7 Å². The standard InChI is InChI=1S/C15H14BrNO4S/c1-21-15(18)11-17(13-9-7-12(16)8-10-13)22(19,20)14-5-3-2-4-6-14/h2-10H,11H2,1H3. The van der Waals surface area contributed by atoms with Gasteiger partial charge < -0.3 is 4.74 Å². The number of methoxy groups -OCH3 is 1. The van der Waals surface area contributed by atoms with Gasteiger partial charge in [0, 0.05) is 4.47 Å². The molecular weight excluding hydrogens is 370 g/mol. The van der Waals surface area contributed by atoms with Crippen molar-refractivity contribution in [1.29, 1.82) is 0 Å². The maximum absolute atomic E-state index is 12.8. The lowest BCUT2D eigenvalue weighted by Gasteiger charge is -2.23. The zero-order valence-corrected chi connectivity index (χ0v) is 14.2. The van der Waals surface area contributed by atoms with Crippen molar-refractivity contribution in [3.05, 3.63) is 59.1 Å². The van der Waals surface area contributed by atoms with Gasteiger partial charge in [0.05, 0.1) is 17.7 Å². The molecule has 0 fully saturated rings. The molecule has 0 aliphatic rings. The van der Waals surface area contributed by atoms with Crippen molar-refractivity contribution in [2.45, 2.75) is 4.90 Å². The summed E-state index contributed by atoms with van der Waals surface area (Å²) in [6.45, 7) is -0.393. The largest absolute Gasteiger partial charge is 0.468 e. The Bertz CT molecular complexity index is 745. The molecule has 2 aromatic rings. The zero-order chi connectivity index (χ0) is 16.2. The number of anilines is 1. The van der Waals surface area contributed by atoms with Crippen LogP contribution in [0.1, 0.15) is 0 Å². The molecule has 0 saturated heterocycles. The fraction of sp³-hybridized carbons (Fsp3) is 0.133. The molecule has 0 N–H and O–H groups in total. The van der Waals surface area contributed by atoms with Crippen LogP contribution in [0.15, 0.2) is 64.0 Å². The van der Waals surface area contributed by atoms with Crippen LogP contribution in [0.5, 0.6) is 0 Å². The number of benzene rings is 2. The Morgan fingerprint density at radius 1 is 1.09 bits per heavy atom. The minimum Gasteiger partial charge on any atom is -0.468 e. The van der Waals surface area contributed by atoms with E-state index >= 15 is 0 Å². The van der Waals surface area contributed by atoms with E-state index in [0.29, 0.717) is 5.69 Å². The van der Waals surface area contributed by atoms with E-state index in [0.717, 1.165) is 8.78 Å². The summed E-state index contributed by atoms with van der Waals surface area (Å²) in [4.78, 5) is 11.7. The second-order valence-corrected chi connectivity index (χ2v) is 7.16. The number of carbonyl (C=O) groups excluding carboxylic acids is 1. The van der Waals surface area contributed by atoms with Gasteiger partial charge >= 0.3 is 5.97 Å². The van der Waals surface area contributed by atoms with Gasteiger partial charge in [-0.05, 0) is 36.4 Å². The number of hydrogen-bond acceptors (Lipinski definition) is 4. The van der Waals surface area contributed by atoms with E-state index in [1.807, 2.05) is 0 Å². The Labute approximate surface area is 137 Å². The molecule has 22 heavy (non-hydrogen) atoms. The molecule has 0 bridgehead atoms. The maximum Gasteiger partial charge on any atom is 0.326 e. The highest BCUT2D eigenvalue weighted by Gasteiger charge is 2.27. The lowest BCUT2D eigenvalue weighted by Crippen LogP contribution is -2.36. The summed E-state index contributed by atoms with van der Waals surface area (Å²) >= 11 is 3.29. The van der Waals surface area contributed by atoms with Crippen LogP contribution < -0.4 is 4.31 Å². The van der Waals surface area contributed by atoms with Crippen molar-refractivity contribution in [2.75, 3.05) is 18.0 Å². The molecule has 0 heterocycles. The van der Waals surface area contributed by atoms with Crippen molar-refractivity contribution in [3.8, 4) is 0 Å². The third kappa shape index (κ3) is 3.66. The Morgan fingerprint density at radius 3 is 2.23 bits per heavy atom. The minimum atomic E-state index is -3.85. The third-order valence-corrected chi connectivity index (χ3v) is 5.26. The summed E-state index contributed by atoms with van der Waals surface area (Å²) in [5.41, 5.74) is 0.387. The second kappa shape index (κ2) is 6.93. The van der Waals surface area contributed by atoms with Crippen LogP contribution in [0, 0.1) is 0 Å². The van der Waals surface area contributed by atoms with E-state index in [-0.39, 0.29) is 4.90 Å². The number of nitrogens with zero attached hydrogens (tertiary/aromatic N) is 1. The summed E-state index contributed by atoms with van der Waals surface area (Å²) in [6.07, 6.45) is 0. The van der Waals surface area contributed by atoms with Gasteiger partial charge in [0.15, 0.2) is 0 Å². The maximum atomic E-state index is 12.8. The number of sulfonamides is 1. The fourth-order valence-electron chi connectivity index (χ4n) is 1.82. The molecular formula is C15H14BrNO4S. The van der Waals surface area contributed by atoms with Crippen molar-refractivity contribution in [1.82, 2.24) is 0 Å². The SMILES string of the molecule is COC(=O)CN(c1ccc(Br)cc1)S(=O)(=O)c1ccccc1. The second-order valence-electron chi connectivity index (χ2n) is 4.38. The quantitative estimate of drug-likeness (QED) is 0.744. The van der Waals surface area contributed by atoms with Crippen LogP contribution in [0.3, 0.4) is 0 Å². The van der Waals surface area contributed by atoms with Gasteiger partial charge in [0.25, 0.3) is 10.0 Å². The molecule has 0 atom stereocenters. The van der Waals surface area contributed by atoms with E-state index in [9.17, 15) is 13.2 Å². The Balaban J connectivity index is 2.48. The molecule has 0 aliphatic carbocycles. The molecule has 0 amide bonds. The lowest BCUT2D eigenvalue weighted by molar-refractivity contribution is -0.138. The monoisotopic (exact) mass is 383 g/mol. The molecule has 0 saturated carbocycles. The summed E-state index contributed by atoms with van der Waals surface area (Å²) in [5.74, 6) is -0.637. The Hall–Kier alpha value is -1.86. The minimum absolute atomic E-state index is 0.113. The van der Waals surface area contributed by atoms with Crippen molar-refractivity contribution >= 4 is 37.6 Å². The van der Waals surface area contributed by atoms with E-state index in [1.54, 1.807) is 42.5 Å². The number of esters is 1. The molecule has 0 unspecified atom stereocenters. The fourth-order valence-corrected chi connectivity index (χ4v) is 3.52. The summed E-state index contributed by atoms with van der Waals surface area (Å²) in [5, 5.41) is 0. The first-order valence-corrected chi connectivity index (χ1v) is 8.58. The van der Waals surface area contributed by atoms with E-state index in [4.69, 9.17) is 0 Å². The first-order valence-electron chi connectivity index (χ1n) is 6.35. The number of rotatable bonds is 5. The Kier molecular flexibility index (Phi) is 5.20. The number of ether oxygens (including phenoxy) is 1. The van der Waals surface area contributed by atoms with Crippen molar-refractivity contribution < 1.29 is 17.9 Å². The molecule has 2 aromatic carbocycles. The molecule has 0 aromatic heterocycles. The first-order chi connectivity index (χ1) is 10.4. The van der Waals surface area contributed by atoms with Gasteiger partial charge in [-0.2, -0.15) is 0 Å². The number of halogens is 1. The topological polar surface area (TPSA) is 63.7 Å². The first kappa shape index (κ1) is 16.5. The van der Waals surface area contributed by atoms with E-state index in [1.165, 1.54) is 19.2 Å². The van der Waals surface area contributed by atoms with Crippen LogP contribution in [-0.4, -0.2) is 28.0 Å². The highest BCUT2D eigenvalue weighted by atomic mass is 79.9. The van der Waals surface area contributed by atoms with Gasteiger partial charge in [-0.15, -0.1) is 0 Å². The third-order valence-electron chi connectivity index (χ3n) is 2.95. The predicted molar refractivity (Wildman–Crippen MR) is 87.1 cm³/mol. The zero-order valence-electron chi connectivity index (χ0n) is 11.8. The van der Waals surface area contributed by atoms with Crippen molar-refractivity contribution in [2.24, 2.45) is 0 Å². The normalized spacial score (nSPS) is 11.0. The lowest BCUT2D eigenvalue weighted by atomic mass is 10.3. The average Bonchev–Trinajstić information content (AvgIpc) is 2.54. The number of hydrogen-bond donors (Lipinski definition) is 0. The molecule has 0 radical (unpaired) electrons. The van der Waals surface area contributed by atoms with Crippen molar-refractivity contribution in [3.63, 3.8) is 0 Å². The Morgan fingerprint density at radius 2 is 1.68 bits per heavy atom. The molecule has 0 aliphatic heterocycles. The van der Waals surface area contributed by atoms with Crippen LogP contribution in [0.4, 0.5) is 5.69 Å². The molecule has 116 valence electrons. The van der Waals surface area contributed by atoms with Gasteiger partial charge in [0.1, 0.15) is 6.54 Å². The van der Waals surface area contributed by atoms with Gasteiger partial charge in [0.2, 0.25) is 0 Å². The molecule has 5 nitrogen and oxygen atoms in total. The van der Waals surface area contributed by atoms with Gasteiger partial charge in [-0.1, -0.05) is 34.1 Å². The summed E-state index contributed by atoms with van der Waals surface area (Å²) in [6, 6.07) is 14.6. The highest BCUT2D eigenvalue weighted by molar-refractivity contribution is 9.10. The number of carbonyl (C=O) groups is 1. The van der Waals surface area contributed by atoms with Crippen LogP contribution in [0.25, 0.3) is 0 Å². The van der Waals surface area contributed by atoms with Crippen LogP contribution >= 0.6 is 15.9 Å². The smallest absolute Gasteiger partial charge is 0.326 e. The predicted octanol–water partition coefficient (Wildman–Crippen LogP) is 2.82. The molecule has 2 rings (SSSR count). The molecule has 0 spiro atoms.